The Morgan fingerprint density at radius 3 is 1.88 bits per heavy atom. The molecule has 0 aliphatic heterocycles. The number of benzene rings is 1. The normalized spacial score (nSPS) is 11.4. The highest BCUT2D eigenvalue weighted by atomic mass is 35.5. The van der Waals surface area contributed by atoms with Gasteiger partial charge in [0.25, 0.3) is 0 Å². The van der Waals surface area contributed by atoms with Gasteiger partial charge in [-0.05, 0) is 0 Å². The van der Waals surface area contributed by atoms with Crippen molar-refractivity contribution in [3.63, 3.8) is 0 Å². The molecule has 0 bridgehead atoms. The van der Waals surface area contributed by atoms with Gasteiger partial charge in [-0.25, -0.2) is 0 Å². The molecule has 17 heavy (non-hydrogen) atoms. The van der Waals surface area contributed by atoms with Crippen LogP contribution >= 0.6 is 12.4 Å². The van der Waals surface area contributed by atoms with E-state index < -0.39 is 6.04 Å². The molecule has 0 heterocycles. The fourth-order valence-electron chi connectivity index (χ4n) is 1.49. The third kappa shape index (κ3) is 3.39. The summed E-state index contributed by atoms with van der Waals surface area (Å²) in [7, 11) is 4.61. The van der Waals surface area contributed by atoms with Crippen molar-refractivity contribution in [2.75, 3.05) is 27.9 Å². The molecule has 0 unspecified atom stereocenters. The first-order valence-electron chi connectivity index (χ1n) is 4.84. The number of aliphatic hydroxyl groups is 1. The molecule has 0 saturated heterocycles. The lowest BCUT2D eigenvalue weighted by Gasteiger charge is -2.18. The molecule has 0 spiro atoms. The Kier molecular flexibility index (Phi) is 6.72. The van der Waals surface area contributed by atoms with Gasteiger partial charge in [-0.1, -0.05) is 0 Å². The molecule has 6 heteroatoms. The highest BCUT2D eigenvalue weighted by molar-refractivity contribution is 5.85. The first kappa shape index (κ1) is 15.8. The van der Waals surface area contributed by atoms with Crippen LogP contribution in [-0.4, -0.2) is 33.0 Å². The van der Waals surface area contributed by atoms with E-state index >= 15 is 0 Å². The van der Waals surface area contributed by atoms with Gasteiger partial charge >= 0.3 is 0 Å². The van der Waals surface area contributed by atoms with Crippen LogP contribution in [0.25, 0.3) is 0 Å². The maximum absolute atomic E-state index is 9.09. The quantitative estimate of drug-likeness (QED) is 0.833. The van der Waals surface area contributed by atoms with Gasteiger partial charge in [-0.15, -0.1) is 12.4 Å². The van der Waals surface area contributed by atoms with E-state index in [0.29, 0.717) is 22.8 Å². The second-order valence-corrected chi connectivity index (χ2v) is 3.23. The first-order valence-corrected chi connectivity index (χ1v) is 4.84. The molecule has 0 aliphatic carbocycles. The number of halogens is 1. The Morgan fingerprint density at radius 1 is 1.12 bits per heavy atom. The highest BCUT2D eigenvalue weighted by Gasteiger charge is 2.18. The molecule has 0 saturated carbocycles. The van der Waals surface area contributed by atoms with E-state index in [0.717, 1.165) is 0 Å². The number of rotatable bonds is 5. The van der Waals surface area contributed by atoms with E-state index in [1.165, 1.54) is 14.2 Å². The Morgan fingerprint density at radius 2 is 1.59 bits per heavy atom. The molecule has 1 atom stereocenters. The van der Waals surface area contributed by atoms with Crippen molar-refractivity contribution < 1.29 is 19.3 Å². The van der Waals surface area contributed by atoms with Crippen molar-refractivity contribution in [2.45, 2.75) is 6.04 Å². The number of methoxy groups -OCH3 is 3. The first-order chi connectivity index (χ1) is 7.67. The van der Waals surface area contributed by atoms with Crippen LogP contribution in [0.1, 0.15) is 11.6 Å². The minimum absolute atomic E-state index is 0. The van der Waals surface area contributed by atoms with Crippen molar-refractivity contribution in [2.24, 2.45) is 5.73 Å². The summed E-state index contributed by atoms with van der Waals surface area (Å²) in [6, 6.07) is 2.86. The standard InChI is InChI=1S/C11H17NO4.ClH/c1-14-7-4-9(15-2)11(8(12)6-13)10(5-7)16-3;/h4-5,8,13H,6,12H2,1-3H3;1H/t8-;/m0./s1. The molecule has 1 rings (SSSR count). The number of ether oxygens (including phenoxy) is 3. The zero-order chi connectivity index (χ0) is 12.1. The Labute approximate surface area is 107 Å². The molecule has 0 amide bonds. The van der Waals surface area contributed by atoms with E-state index in [4.69, 9.17) is 25.1 Å². The molecule has 98 valence electrons. The van der Waals surface area contributed by atoms with Crippen molar-refractivity contribution in [1.29, 1.82) is 0 Å². The minimum atomic E-state index is -0.546. The molecular formula is C11H18ClNO4. The molecule has 5 nitrogen and oxygen atoms in total. The average Bonchev–Trinajstić information content (AvgIpc) is 2.35. The zero-order valence-electron chi connectivity index (χ0n) is 10.1. The summed E-state index contributed by atoms with van der Waals surface area (Å²) >= 11 is 0. The summed E-state index contributed by atoms with van der Waals surface area (Å²) in [5.74, 6) is 1.69. The van der Waals surface area contributed by atoms with Crippen molar-refractivity contribution in [1.82, 2.24) is 0 Å². The van der Waals surface area contributed by atoms with Crippen LogP contribution in [0.4, 0.5) is 0 Å². The topological polar surface area (TPSA) is 73.9 Å². The summed E-state index contributed by atoms with van der Waals surface area (Å²) in [5.41, 5.74) is 6.42. The number of aliphatic hydroxyl groups excluding tert-OH is 1. The van der Waals surface area contributed by atoms with E-state index in [1.807, 2.05) is 0 Å². The maximum atomic E-state index is 9.09. The number of nitrogens with two attached hydrogens (primary N) is 1. The molecule has 0 radical (unpaired) electrons. The Balaban J connectivity index is 0.00000256. The summed E-state index contributed by atoms with van der Waals surface area (Å²) in [4.78, 5) is 0. The van der Waals surface area contributed by atoms with Crippen LogP contribution in [0.2, 0.25) is 0 Å². The van der Waals surface area contributed by atoms with Crippen molar-refractivity contribution >= 4 is 12.4 Å². The molecule has 3 N–H and O–H groups in total. The second-order valence-electron chi connectivity index (χ2n) is 3.23. The highest BCUT2D eigenvalue weighted by Crippen LogP contribution is 2.37. The lowest BCUT2D eigenvalue weighted by Crippen LogP contribution is -2.16. The fraction of sp³-hybridized carbons (Fsp3) is 0.455. The lowest BCUT2D eigenvalue weighted by atomic mass is 10.1. The zero-order valence-corrected chi connectivity index (χ0v) is 10.9. The molecule has 0 aliphatic rings. The third-order valence-electron chi connectivity index (χ3n) is 2.32. The van der Waals surface area contributed by atoms with E-state index in [9.17, 15) is 0 Å². The van der Waals surface area contributed by atoms with Gasteiger partial charge in [0.05, 0.1) is 39.5 Å². The van der Waals surface area contributed by atoms with E-state index in [1.54, 1.807) is 19.2 Å². The fourth-order valence-corrected chi connectivity index (χ4v) is 1.49. The number of hydrogen-bond donors (Lipinski definition) is 2. The predicted molar refractivity (Wildman–Crippen MR) is 67.4 cm³/mol. The molecule has 1 aromatic carbocycles. The van der Waals surface area contributed by atoms with Crippen LogP contribution in [-0.2, 0) is 0 Å². The monoisotopic (exact) mass is 263 g/mol. The minimum Gasteiger partial charge on any atom is -0.496 e. The van der Waals surface area contributed by atoms with Gasteiger partial charge in [0.2, 0.25) is 0 Å². The number of hydrogen-bond acceptors (Lipinski definition) is 5. The van der Waals surface area contributed by atoms with Crippen LogP contribution in [0.15, 0.2) is 12.1 Å². The van der Waals surface area contributed by atoms with Crippen molar-refractivity contribution in [3.8, 4) is 17.2 Å². The molecular weight excluding hydrogens is 246 g/mol. The van der Waals surface area contributed by atoms with Gasteiger partial charge in [0.1, 0.15) is 17.2 Å². The van der Waals surface area contributed by atoms with Crippen molar-refractivity contribution in [3.05, 3.63) is 17.7 Å². The predicted octanol–water partition coefficient (Wildman–Crippen LogP) is 1.13. The Bertz CT molecular complexity index is 334. The summed E-state index contributed by atoms with van der Waals surface area (Å²) in [5, 5.41) is 9.09. The maximum Gasteiger partial charge on any atom is 0.131 e. The van der Waals surface area contributed by atoms with Crippen LogP contribution < -0.4 is 19.9 Å². The van der Waals surface area contributed by atoms with E-state index in [-0.39, 0.29) is 19.0 Å². The average molecular weight is 264 g/mol. The van der Waals surface area contributed by atoms with Gasteiger partial charge in [-0.2, -0.15) is 0 Å². The summed E-state index contributed by atoms with van der Waals surface area (Å²) in [6.07, 6.45) is 0. The van der Waals surface area contributed by atoms with Gasteiger partial charge in [0, 0.05) is 12.1 Å². The molecule has 0 aromatic heterocycles. The van der Waals surface area contributed by atoms with Gasteiger partial charge in [-0.3, -0.25) is 0 Å². The van der Waals surface area contributed by atoms with Crippen LogP contribution in [0.3, 0.4) is 0 Å². The Hall–Kier alpha value is -1.17. The largest absolute Gasteiger partial charge is 0.496 e. The molecule has 0 fully saturated rings. The smallest absolute Gasteiger partial charge is 0.131 e. The van der Waals surface area contributed by atoms with E-state index in [2.05, 4.69) is 0 Å². The summed E-state index contributed by atoms with van der Waals surface area (Å²) < 4.78 is 15.5. The SMILES string of the molecule is COc1cc(OC)c([C@@H](N)CO)c(OC)c1.Cl. The second kappa shape index (κ2) is 7.21. The van der Waals surface area contributed by atoms with Gasteiger partial charge < -0.3 is 25.1 Å². The molecule has 1 aromatic rings. The third-order valence-corrected chi connectivity index (χ3v) is 2.32. The van der Waals surface area contributed by atoms with Crippen LogP contribution in [0, 0.1) is 0 Å². The summed E-state index contributed by atoms with van der Waals surface area (Å²) in [6.45, 7) is -0.181. The van der Waals surface area contributed by atoms with Crippen LogP contribution in [0.5, 0.6) is 17.2 Å². The van der Waals surface area contributed by atoms with Gasteiger partial charge in [0.15, 0.2) is 0 Å². The lowest BCUT2D eigenvalue weighted by molar-refractivity contribution is 0.260.